The molecule has 1 rings (SSSR count). The largest absolute Gasteiger partial charge is 0.464 e. The molecule has 0 spiro atoms. The molecule has 1 unspecified atom stereocenters. The Morgan fingerprint density at radius 2 is 2.14 bits per heavy atom. The van der Waals surface area contributed by atoms with Crippen LogP contribution in [-0.4, -0.2) is 31.1 Å². The Morgan fingerprint density at radius 3 is 2.76 bits per heavy atom. The van der Waals surface area contributed by atoms with Crippen LogP contribution in [0.4, 0.5) is 0 Å². The van der Waals surface area contributed by atoms with Gasteiger partial charge in [0.1, 0.15) is 6.04 Å². The van der Waals surface area contributed by atoms with Gasteiger partial charge in [-0.3, -0.25) is 4.79 Å². The number of carbonyl (C=O) groups excluding carboxylic acids is 2. The fourth-order valence-corrected chi connectivity index (χ4v) is 1.76. The van der Waals surface area contributed by atoms with Crippen molar-refractivity contribution >= 4 is 11.9 Å². The second kappa shape index (κ2) is 8.08. The summed E-state index contributed by atoms with van der Waals surface area (Å²) in [6.07, 6.45) is 0. The fraction of sp³-hybridized carbons (Fsp3) is 0.375. The van der Waals surface area contributed by atoms with Gasteiger partial charge in [-0.2, -0.15) is 0 Å². The van der Waals surface area contributed by atoms with Gasteiger partial charge in [0.05, 0.1) is 13.2 Å². The number of ether oxygens (including phenoxy) is 1. The SMILES string of the molecule is CCOC(=O)C(C)NC(=O)c1cccc(C#CCN)c1C. The van der Waals surface area contributed by atoms with Crippen LogP contribution in [0.1, 0.15) is 35.3 Å². The normalized spacial score (nSPS) is 11.0. The lowest BCUT2D eigenvalue weighted by Gasteiger charge is -2.14. The first kappa shape index (κ1) is 16.7. The predicted molar refractivity (Wildman–Crippen MR) is 80.7 cm³/mol. The highest BCUT2D eigenvalue weighted by Gasteiger charge is 2.19. The summed E-state index contributed by atoms with van der Waals surface area (Å²) in [7, 11) is 0. The van der Waals surface area contributed by atoms with E-state index in [1.54, 1.807) is 26.0 Å². The average molecular weight is 288 g/mol. The number of nitrogens with one attached hydrogen (secondary N) is 1. The number of nitrogens with two attached hydrogens (primary N) is 1. The minimum Gasteiger partial charge on any atom is -0.464 e. The first-order chi connectivity index (χ1) is 10.0. The quantitative estimate of drug-likeness (QED) is 0.639. The standard InChI is InChI=1S/C16H20N2O3/c1-4-21-16(20)12(3)18-15(19)14-9-5-7-13(11(14)2)8-6-10-17/h5,7,9,12H,4,10,17H2,1-3H3,(H,18,19). The maximum absolute atomic E-state index is 12.2. The van der Waals surface area contributed by atoms with Crippen molar-refractivity contribution in [1.29, 1.82) is 0 Å². The van der Waals surface area contributed by atoms with E-state index >= 15 is 0 Å². The van der Waals surface area contributed by atoms with Gasteiger partial charge >= 0.3 is 5.97 Å². The Kier molecular flexibility index (Phi) is 6.44. The fourth-order valence-electron chi connectivity index (χ4n) is 1.76. The summed E-state index contributed by atoms with van der Waals surface area (Å²) in [5.41, 5.74) is 7.33. The molecule has 0 fully saturated rings. The van der Waals surface area contributed by atoms with Gasteiger partial charge in [0.15, 0.2) is 0 Å². The lowest BCUT2D eigenvalue weighted by atomic mass is 10.0. The number of hydrogen-bond acceptors (Lipinski definition) is 4. The van der Waals surface area contributed by atoms with Crippen LogP contribution in [0.25, 0.3) is 0 Å². The molecule has 5 nitrogen and oxygen atoms in total. The lowest BCUT2D eigenvalue weighted by Crippen LogP contribution is -2.39. The Bertz CT molecular complexity index is 585. The van der Waals surface area contributed by atoms with Crippen LogP contribution in [0, 0.1) is 18.8 Å². The molecule has 0 aromatic heterocycles. The van der Waals surface area contributed by atoms with Crippen molar-refractivity contribution in [3.8, 4) is 11.8 Å². The zero-order valence-corrected chi connectivity index (χ0v) is 12.5. The second-order valence-electron chi connectivity index (χ2n) is 4.43. The van der Waals surface area contributed by atoms with Gasteiger partial charge in [0, 0.05) is 11.1 Å². The minimum atomic E-state index is -0.698. The molecule has 5 heteroatoms. The molecule has 0 radical (unpaired) electrons. The zero-order chi connectivity index (χ0) is 15.8. The monoisotopic (exact) mass is 288 g/mol. The summed E-state index contributed by atoms with van der Waals surface area (Å²) in [5.74, 6) is 4.89. The number of hydrogen-bond donors (Lipinski definition) is 2. The second-order valence-corrected chi connectivity index (χ2v) is 4.43. The lowest BCUT2D eigenvalue weighted by molar-refractivity contribution is -0.144. The molecule has 0 aliphatic heterocycles. The van der Waals surface area contributed by atoms with Crippen LogP contribution in [0.15, 0.2) is 18.2 Å². The van der Waals surface area contributed by atoms with Crippen molar-refractivity contribution in [2.75, 3.05) is 13.2 Å². The number of rotatable bonds is 4. The third kappa shape index (κ3) is 4.62. The number of esters is 1. The van der Waals surface area contributed by atoms with E-state index in [4.69, 9.17) is 10.5 Å². The van der Waals surface area contributed by atoms with Crippen molar-refractivity contribution in [3.63, 3.8) is 0 Å². The van der Waals surface area contributed by atoms with Crippen LogP contribution in [0.2, 0.25) is 0 Å². The summed E-state index contributed by atoms with van der Waals surface area (Å²) < 4.78 is 4.86. The van der Waals surface area contributed by atoms with Crippen molar-refractivity contribution in [1.82, 2.24) is 5.32 Å². The smallest absolute Gasteiger partial charge is 0.328 e. The van der Waals surface area contributed by atoms with Crippen molar-refractivity contribution in [2.45, 2.75) is 26.8 Å². The zero-order valence-electron chi connectivity index (χ0n) is 12.5. The topological polar surface area (TPSA) is 81.4 Å². The molecule has 1 amide bonds. The van der Waals surface area contributed by atoms with Crippen LogP contribution in [-0.2, 0) is 9.53 Å². The minimum absolute atomic E-state index is 0.260. The molecule has 0 saturated heterocycles. The highest BCUT2D eigenvalue weighted by molar-refractivity contribution is 5.98. The van der Waals surface area contributed by atoms with E-state index in [9.17, 15) is 9.59 Å². The van der Waals surface area contributed by atoms with Gasteiger partial charge in [-0.05, 0) is 38.5 Å². The highest BCUT2D eigenvalue weighted by Crippen LogP contribution is 2.13. The van der Waals surface area contributed by atoms with Crippen LogP contribution >= 0.6 is 0 Å². The number of benzene rings is 1. The molecular formula is C16H20N2O3. The molecule has 1 aromatic carbocycles. The van der Waals surface area contributed by atoms with Crippen molar-refractivity contribution in [3.05, 3.63) is 34.9 Å². The van der Waals surface area contributed by atoms with Crippen LogP contribution < -0.4 is 11.1 Å². The van der Waals surface area contributed by atoms with E-state index in [0.717, 1.165) is 11.1 Å². The third-order valence-electron chi connectivity index (χ3n) is 2.89. The summed E-state index contributed by atoms with van der Waals surface area (Å²) in [6, 6.07) is 4.56. The van der Waals surface area contributed by atoms with Crippen LogP contribution in [0.3, 0.4) is 0 Å². The van der Waals surface area contributed by atoms with Gasteiger partial charge < -0.3 is 15.8 Å². The molecule has 0 heterocycles. The molecular weight excluding hydrogens is 268 g/mol. The first-order valence-electron chi connectivity index (χ1n) is 6.77. The Balaban J connectivity index is 2.90. The van der Waals surface area contributed by atoms with E-state index in [2.05, 4.69) is 17.2 Å². The van der Waals surface area contributed by atoms with E-state index < -0.39 is 12.0 Å². The summed E-state index contributed by atoms with van der Waals surface area (Å²) in [6.45, 7) is 5.65. The van der Waals surface area contributed by atoms with Gasteiger partial charge in [0.2, 0.25) is 0 Å². The van der Waals surface area contributed by atoms with Crippen molar-refractivity contribution in [2.24, 2.45) is 5.73 Å². The summed E-state index contributed by atoms with van der Waals surface area (Å²) in [4.78, 5) is 23.7. The van der Waals surface area contributed by atoms with Gasteiger partial charge in [-0.1, -0.05) is 17.9 Å². The van der Waals surface area contributed by atoms with E-state index in [-0.39, 0.29) is 19.1 Å². The maximum Gasteiger partial charge on any atom is 0.328 e. The number of amides is 1. The summed E-state index contributed by atoms with van der Waals surface area (Å²) >= 11 is 0. The predicted octanol–water partition coefficient (Wildman–Crippen LogP) is 0.987. The summed E-state index contributed by atoms with van der Waals surface area (Å²) in [5, 5.41) is 2.62. The maximum atomic E-state index is 12.2. The first-order valence-corrected chi connectivity index (χ1v) is 6.77. The molecule has 3 N–H and O–H groups in total. The molecule has 1 aromatic rings. The molecule has 0 aliphatic rings. The Hall–Kier alpha value is -2.32. The average Bonchev–Trinajstić information content (AvgIpc) is 2.46. The molecule has 0 bridgehead atoms. The highest BCUT2D eigenvalue weighted by atomic mass is 16.5. The van der Waals surface area contributed by atoms with E-state index in [0.29, 0.717) is 5.56 Å². The number of carbonyl (C=O) groups is 2. The molecule has 0 saturated carbocycles. The molecule has 0 aliphatic carbocycles. The molecule has 1 atom stereocenters. The Morgan fingerprint density at radius 1 is 1.43 bits per heavy atom. The van der Waals surface area contributed by atoms with Crippen molar-refractivity contribution < 1.29 is 14.3 Å². The van der Waals surface area contributed by atoms with E-state index in [1.165, 1.54) is 0 Å². The third-order valence-corrected chi connectivity index (χ3v) is 2.89. The van der Waals surface area contributed by atoms with Gasteiger partial charge in [0.25, 0.3) is 5.91 Å². The molecule has 21 heavy (non-hydrogen) atoms. The Labute approximate surface area is 124 Å². The molecule has 112 valence electrons. The van der Waals surface area contributed by atoms with Gasteiger partial charge in [-0.25, -0.2) is 4.79 Å². The van der Waals surface area contributed by atoms with Crippen LogP contribution in [0.5, 0.6) is 0 Å². The van der Waals surface area contributed by atoms with Gasteiger partial charge in [-0.15, -0.1) is 0 Å². The van der Waals surface area contributed by atoms with E-state index in [1.807, 2.05) is 13.0 Å².